The van der Waals surface area contributed by atoms with E-state index in [-0.39, 0.29) is 30.1 Å². The van der Waals surface area contributed by atoms with E-state index >= 15 is 0 Å². The van der Waals surface area contributed by atoms with E-state index in [0.717, 1.165) is 51.1 Å². The summed E-state index contributed by atoms with van der Waals surface area (Å²) >= 11 is 0. The van der Waals surface area contributed by atoms with E-state index in [0.29, 0.717) is 37.1 Å². The number of nitrogens with zero attached hydrogens (tertiary/aromatic N) is 3. The molecule has 1 aromatic carbocycles. The minimum atomic E-state index is 0. The first-order valence-corrected chi connectivity index (χ1v) is 10.8. The van der Waals surface area contributed by atoms with Gasteiger partial charge in [0.1, 0.15) is 0 Å². The van der Waals surface area contributed by atoms with Gasteiger partial charge in [-0.3, -0.25) is 14.4 Å². The van der Waals surface area contributed by atoms with Gasteiger partial charge in [-0.2, -0.15) is 0 Å². The standard InChI is InChI=1S/C23H31N3O3.ClH/c1-17(27)24-9-7-18(8-10-24)11-22(28)26-14-20-12-23(29)25(15-21(20)16-26)13-19-5-3-2-4-6-19;/h2-6,18,20-21H,7-16H2,1H3;1H/t20-,21+;/m0./s1. The second-order valence-corrected chi connectivity index (χ2v) is 8.94. The highest BCUT2D eigenvalue weighted by atomic mass is 35.5. The van der Waals surface area contributed by atoms with Crippen LogP contribution in [0.4, 0.5) is 0 Å². The Kier molecular flexibility index (Phi) is 7.40. The number of hydrogen-bond donors (Lipinski definition) is 0. The molecular formula is C23H32ClN3O3. The smallest absolute Gasteiger partial charge is 0.223 e. The molecule has 3 amide bonds. The quantitative estimate of drug-likeness (QED) is 0.733. The number of carbonyl (C=O) groups is 3. The zero-order valence-electron chi connectivity index (χ0n) is 17.7. The summed E-state index contributed by atoms with van der Waals surface area (Å²) in [4.78, 5) is 42.8. The summed E-state index contributed by atoms with van der Waals surface area (Å²) in [6.45, 7) is 6.04. The molecule has 3 fully saturated rings. The number of hydrogen-bond acceptors (Lipinski definition) is 3. The Hall–Kier alpha value is -2.08. The van der Waals surface area contributed by atoms with Crippen molar-refractivity contribution in [1.82, 2.24) is 14.7 Å². The summed E-state index contributed by atoms with van der Waals surface area (Å²) in [6, 6.07) is 10.1. The molecule has 0 saturated carbocycles. The number of benzene rings is 1. The number of amides is 3. The lowest BCUT2D eigenvalue weighted by Gasteiger charge is -2.34. The van der Waals surface area contributed by atoms with Gasteiger partial charge < -0.3 is 14.7 Å². The molecule has 3 saturated heterocycles. The molecule has 164 valence electrons. The van der Waals surface area contributed by atoms with Crippen molar-refractivity contribution in [1.29, 1.82) is 0 Å². The van der Waals surface area contributed by atoms with Crippen molar-refractivity contribution in [3.05, 3.63) is 35.9 Å². The summed E-state index contributed by atoms with van der Waals surface area (Å²) in [5, 5.41) is 0. The number of fused-ring (bicyclic) bond motifs is 1. The first kappa shape index (κ1) is 22.6. The normalized spacial score (nSPS) is 24.4. The molecule has 0 aliphatic carbocycles. The Bertz CT molecular complexity index is 764. The second-order valence-electron chi connectivity index (χ2n) is 8.94. The predicted molar refractivity (Wildman–Crippen MR) is 117 cm³/mol. The number of piperidine rings is 2. The molecule has 30 heavy (non-hydrogen) atoms. The third kappa shape index (κ3) is 5.15. The highest BCUT2D eigenvalue weighted by molar-refractivity contribution is 5.85. The molecule has 0 unspecified atom stereocenters. The Labute approximate surface area is 185 Å². The molecule has 0 bridgehead atoms. The van der Waals surface area contributed by atoms with Crippen LogP contribution in [0.2, 0.25) is 0 Å². The third-order valence-corrected chi connectivity index (χ3v) is 6.91. The molecule has 3 heterocycles. The molecule has 1 aromatic rings. The van der Waals surface area contributed by atoms with Crippen LogP contribution in [-0.4, -0.2) is 65.1 Å². The van der Waals surface area contributed by atoms with Gasteiger partial charge in [0.2, 0.25) is 17.7 Å². The van der Waals surface area contributed by atoms with Gasteiger partial charge in [0.15, 0.2) is 0 Å². The van der Waals surface area contributed by atoms with Crippen LogP contribution < -0.4 is 0 Å². The maximum absolute atomic E-state index is 12.9. The van der Waals surface area contributed by atoms with Gasteiger partial charge >= 0.3 is 0 Å². The first-order valence-electron chi connectivity index (χ1n) is 10.8. The summed E-state index contributed by atoms with van der Waals surface area (Å²) in [7, 11) is 0. The minimum Gasteiger partial charge on any atom is -0.343 e. The van der Waals surface area contributed by atoms with Gasteiger partial charge in [-0.1, -0.05) is 30.3 Å². The number of carbonyl (C=O) groups excluding carboxylic acids is 3. The van der Waals surface area contributed by atoms with Gasteiger partial charge in [0, 0.05) is 59.0 Å². The fraction of sp³-hybridized carbons (Fsp3) is 0.609. The van der Waals surface area contributed by atoms with Crippen LogP contribution >= 0.6 is 12.4 Å². The molecule has 7 heteroatoms. The van der Waals surface area contributed by atoms with E-state index in [1.165, 1.54) is 0 Å². The van der Waals surface area contributed by atoms with Crippen molar-refractivity contribution in [3.63, 3.8) is 0 Å². The molecular weight excluding hydrogens is 402 g/mol. The summed E-state index contributed by atoms with van der Waals surface area (Å²) < 4.78 is 0. The molecule has 0 spiro atoms. The van der Waals surface area contributed by atoms with Crippen LogP contribution in [0.3, 0.4) is 0 Å². The highest BCUT2D eigenvalue weighted by Crippen LogP contribution is 2.33. The van der Waals surface area contributed by atoms with Gasteiger partial charge in [-0.25, -0.2) is 0 Å². The average Bonchev–Trinajstić information content (AvgIpc) is 3.12. The van der Waals surface area contributed by atoms with Crippen LogP contribution in [0, 0.1) is 17.8 Å². The largest absolute Gasteiger partial charge is 0.343 e. The molecule has 2 atom stereocenters. The van der Waals surface area contributed by atoms with Crippen LogP contribution in [0.15, 0.2) is 30.3 Å². The Balaban J connectivity index is 0.00000256. The first-order chi connectivity index (χ1) is 14.0. The lowest BCUT2D eigenvalue weighted by Crippen LogP contribution is -2.43. The summed E-state index contributed by atoms with van der Waals surface area (Å²) in [5.41, 5.74) is 1.15. The van der Waals surface area contributed by atoms with E-state index in [4.69, 9.17) is 0 Å². The monoisotopic (exact) mass is 433 g/mol. The molecule has 3 aliphatic rings. The lowest BCUT2D eigenvalue weighted by atomic mass is 9.88. The Morgan fingerprint density at radius 2 is 1.63 bits per heavy atom. The third-order valence-electron chi connectivity index (χ3n) is 6.91. The van der Waals surface area contributed by atoms with Crippen LogP contribution in [-0.2, 0) is 20.9 Å². The molecule has 4 rings (SSSR count). The Morgan fingerprint density at radius 3 is 2.30 bits per heavy atom. The van der Waals surface area contributed by atoms with Crippen molar-refractivity contribution in [2.24, 2.45) is 17.8 Å². The van der Waals surface area contributed by atoms with Crippen LogP contribution in [0.1, 0.15) is 38.2 Å². The summed E-state index contributed by atoms with van der Waals surface area (Å²) in [6.07, 6.45) is 2.95. The van der Waals surface area contributed by atoms with Crippen LogP contribution in [0.25, 0.3) is 0 Å². The van der Waals surface area contributed by atoms with Gasteiger partial charge in [-0.05, 0) is 36.2 Å². The topological polar surface area (TPSA) is 60.9 Å². The van der Waals surface area contributed by atoms with Crippen molar-refractivity contribution in [3.8, 4) is 0 Å². The molecule has 6 nitrogen and oxygen atoms in total. The maximum atomic E-state index is 12.9. The second kappa shape index (κ2) is 9.82. The summed E-state index contributed by atoms with van der Waals surface area (Å²) in [5.74, 6) is 1.63. The van der Waals surface area contributed by atoms with Gasteiger partial charge in [-0.15, -0.1) is 12.4 Å². The Morgan fingerprint density at radius 1 is 0.967 bits per heavy atom. The van der Waals surface area contributed by atoms with Crippen molar-refractivity contribution in [2.75, 3.05) is 32.7 Å². The van der Waals surface area contributed by atoms with E-state index in [2.05, 4.69) is 12.1 Å². The van der Waals surface area contributed by atoms with Gasteiger partial charge in [0.05, 0.1) is 0 Å². The SMILES string of the molecule is CC(=O)N1CCC(CC(=O)N2C[C@H]3CN(Cc4ccccc4)C(=O)C[C@H]3C2)CC1.Cl. The zero-order chi connectivity index (χ0) is 20.4. The molecule has 0 aromatic heterocycles. The average molecular weight is 434 g/mol. The van der Waals surface area contributed by atoms with Gasteiger partial charge in [0.25, 0.3) is 0 Å². The molecule has 3 aliphatic heterocycles. The number of halogens is 1. The highest BCUT2D eigenvalue weighted by Gasteiger charge is 2.42. The van der Waals surface area contributed by atoms with E-state index in [9.17, 15) is 14.4 Å². The molecule has 0 N–H and O–H groups in total. The minimum absolute atomic E-state index is 0. The van der Waals surface area contributed by atoms with Crippen LogP contribution in [0.5, 0.6) is 0 Å². The van der Waals surface area contributed by atoms with E-state index < -0.39 is 0 Å². The fourth-order valence-electron chi connectivity index (χ4n) is 5.10. The van der Waals surface area contributed by atoms with E-state index in [1.807, 2.05) is 32.9 Å². The van der Waals surface area contributed by atoms with E-state index in [1.54, 1.807) is 6.92 Å². The van der Waals surface area contributed by atoms with Crippen molar-refractivity contribution < 1.29 is 14.4 Å². The number of likely N-dealkylation sites (tertiary alicyclic amines) is 3. The lowest BCUT2D eigenvalue weighted by molar-refractivity contribution is -0.137. The van der Waals surface area contributed by atoms with Crippen molar-refractivity contribution in [2.45, 2.75) is 39.2 Å². The maximum Gasteiger partial charge on any atom is 0.223 e. The fourth-order valence-corrected chi connectivity index (χ4v) is 5.10. The predicted octanol–water partition coefficient (Wildman–Crippen LogP) is 2.56. The molecule has 0 radical (unpaired) electrons. The zero-order valence-corrected chi connectivity index (χ0v) is 18.5. The number of rotatable bonds is 4. The van der Waals surface area contributed by atoms with Crippen molar-refractivity contribution >= 4 is 30.1 Å².